The van der Waals surface area contributed by atoms with Crippen molar-refractivity contribution in [2.24, 2.45) is 0 Å². The Morgan fingerprint density at radius 1 is 0.895 bits per heavy atom. The molecule has 4 heteroatoms. The molecule has 4 aromatic rings. The normalized spacial score (nSPS) is 11.2. The van der Waals surface area contributed by atoms with Gasteiger partial charge in [-0.15, -0.1) is 0 Å². The lowest BCUT2D eigenvalue weighted by atomic mass is 10.1. The molecule has 1 aromatic carbocycles. The van der Waals surface area contributed by atoms with Crippen molar-refractivity contribution in [3.05, 3.63) is 54.9 Å². The zero-order valence-electron chi connectivity index (χ0n) is 10.0. The minimum Gasteiger partial charge on any atom is -0.278 e. The van der Waals surface area contributed by atoms with E-state index in [-0.39, 0.29) is 0 Å². The molecular weight excluding hydrogens is 236 g/mol. The number of nitrogens with zero attached hydrogens (tertiary/aromatic N) is 3. The molecule has 0 saturated carbocycles. The number of hydrogen-bond donors (Lipinski definition) is 1. The molecule has 4 nitrogen and oxygen atoms in total. The topological polar surface area (TPSA) is 54.5 Å². The Kier molecular flexibility index (Phi) is 2.08. The Hall–Kier alpha value is -2.75. The molecular formula is C15H10N4. The fraction of sp³-hybridized carbons (Fsp3) is 0. The molecule has 0 atom stereocenters. The molecule has 19 heavy (non-hydrogen) atoms. The smallest absolute Gasteiger partial charge is 0.0894 e. The molecule has 0 saturated heterocycles. The number of H-pyrrole nitrogens is 1. The molecule has 1 N–H and O–H groups in total. The summed E-state index contributed by atoms with van der Waals surface area (Å²) < 4.78 is 0. The molecule has 3 aromatic heterocycles. The van der Waals surface area contributed by atoms with E-state index >= 15 is 0 Å². The van der Waals surface area contributed by atoms with Gasteiger partial charge in [-0.3, -0.25) is 10.1 Å². The zero-order chi connectivity index (χ0) is 12.7. The highest BCUT2D eigenvalue weighted by Gasteiger charge is 2.06. The van der Waals surface area contributed by atoms with Gasteiger partial charge < -0.3 is 0 Å². The summed E-state index contributed by atoms with van der Waals surface area (Å²) in [5, 5.41) is 9.18. The van der Waals surface area contributed by atoms with Gasteiger partial charge in [0.25, 0.3) is 0 Å². The maximum Gasteiger partial charge on any atom is 0.0894 e. The largest absolute Gasteiger partial charge is 0.278 e. The van der Waals surface area contributed by atoms with Crippen LogP contribution in [0, 0.1) is 0 Å². The van der Waals surface area contributed by atoms with Crippen molar-refractivity contribution in [3.63, 3.8) is 0 Å². The molecule has 90 valence electrons. The number of benzene rings is 1. The van der Waals surface area contributed by atoms with Crippen LogP contribution in [-0.2, 0) is 0 Å². The first-order valence-corrected chi connectivity index (χ1v) is 6.06. The lowest BCUT2D eigenvalue weighted by Crippen LogP contribution is -1.88. The van der Waals surface area contributed by atoms with Gasteiger partial charge in [-0.1, -0.05) is 18.2 Å². The Morgan fingerprint density at radius 3 is 2.74 bits per heavy atom. The second-order valence-electron chi connectivity index (χ2n) is 4.38. The first-order valence-electron chi connectivity index (χ1n) is 6.06. The molecule has 0 unspecified atom stereocenters. The van der Waals surface area contributed by atoms with E-state index in [1.807, 2.05) is 42.6 Å². The fourth-order valence-electron chi connectivity index (χ4n) is 2.26. The van der Waals surface area contributed by atoms with Gasteiger partial charge in [-0.25, -0.2) is 4.98 Å². The summed E-state index contributed by atoms with van der Waals surface area (Å²) in [7, 11) is 0. The van der Waals surface area contributed by atoms with E-state index in [9.17, 15) is 0 Å². The number of pyridine rings is 2. The number of aromatic amines is 1. The third kappa shape index (κ3) is 1.57. The number of rotatable bonds is 1. The van der Waals surface area contributed by atoms with E-state index in [0.29, 0.717) is 0 Å². The van der Waals surface area contributed by atoms with E-state index in [0.717, 1.165) is 33.2 Å². The van der Waals surface area contributed by atoms with Crippen LogP contribution in [0.4, 0.5) is 0 Å². The van der Waals surface area contributed by atoms with Crippen LogP contribution in [0.25, 0.3) is 33.2 Å². The van der Waals surface area contributed by atoms with Gasteiger partial charge in [0.1, 0.15) is 0 Å². The first kappa shape index (κ1) is 10.2. The third-order valence-electron chi connectivity index (χ3n) is 3.21. The summed E-state index contributed by atoms with van der Waals surface area (Å²) in [6, 6.07) is 14.0. The van der Waals surface area contributed by atoms with Crippen molar-refractivity contribution < 1.29 is 0 Å². The lowest BCUT2D eigenvalue weighted by molar-refractivity contribution is 1.12. The fourth-order valence-corrected chi connectivity index (χ4v) is 2.26. The first-order chi connectivity index (χ1) is 9.42. The number of fused-ring (bicyclic) bond motifs is 3. The number of nitrogens with one attached hydrogen (secondary N) is 1. The molecule has 0 amide bonds. The summed E-state index contributed by atoms with van der Waals surface area (Å²) in [5.74, 6) is 0. The minimum absolute atomic E-state index is 0.877. The maximum absolute atomic E-state index is 4.72. The molecule has 0 spiro atoms. The van der Waals surface area contributed by atoms with Crippen LogP contribution in [0.2, 0.25) is 0 Å². The second kappa shape index (κ2) is 3.88. The lowest BCUT2D eigenvalue weighted by Gasteiger charge is -2.03. The summed E-state index contributed by atoms with van der Waals surface area (Å²) >= 11 is 0. The van der Waals surface area contributed by atoms with Crippen molar-refractivity contribution in [2.75, 3.05) is 0 Å². The van der Waals surface area contributed by atoms with Crippen molar-refractivity contribution in [3.8, 4) is 11.4 Å². The van der Waals surface area contributed by atoms with Crippen molar-refractivity contribution >= 4 is 21.8 Å². The molecule has 4 rings (SSSR count). The Labute approximate surface area is 109 Å². The van der Waals surface area contributed by atoms with Gasteiger partial charge in [-0.05, 0) is 24.3 Å². The highest BCUT2D eigenvalue weighted by Crippen LogP contribution is 2.25. The molecule has 0 aliphatic rings. The van der Waals surface area contributed by atoms with Gasteiger partial charge in [0.2, 0.25) is 0 Å². The van der Waals surface area contributed by atoms with Gasteiger partial charge >= 0.3 is 0 Å². The van der Waals surface area contributed by atoms with Crippen LogP contribution < -0.4 is 0 Å². The molecule has 0 aliphatic carbocycles. The van der Waals surface area contributed by atoms with Crippen molar-refractivity contribution in [2.45, 2.75) is 0 Å². The predicted molar refractivity (Wildman–Crippen MR) is 74.6 cm³/mol. The monoisotopic (exact) mass is 246 g/mol. The SMILES string of the molecule is c1ccc(-c2ccc3ccc4[nH]ncc4c3n2)nc1. The number of aromatic nitrogens is 4. The van der Waals surface area contributed by atoms with E-state index in [1.54, 1.807) is 6.20 Å². The van der Waals surface area contributed by atoms with Crippen LogP contribution in [0.3, 0.4) is 0 Å². The minimum atomic E-state index is 0.877. The number of hydrogen-bond acceptors (Lipinski definition) is 3. The predicted octanol–water partition coefficient (Wildman–Crippen LogP) is 3.17. The van der Waals surface area contributed by atoms with Crippen LogP contribution in [0.1, 0.15) is 0 Å². The van der Waals surface area contributed by atoms with E-state index < -0.39 is 0 Å². The summed E-state index contributed by atoms with van der Waals surface area (Å²) in [5.41, 5.74) is 3.71. The maximum atomic E-state index is 4.72. The summed E-state index contributed by atoms with van der Waals surface area (Å²) in [4.78, 5) is 9.06. The van der Waals surface area contributed by atoms with Gasteiger partial charge in [-0.2, -0.15) is 5.10 Å². The average molecular weight is 246 g/mol. The molecule has 0 aliphatic heterocycles. The van der Waals surface area contributed by atoms with Gasteiger partial charge in [0.15, 0.2) is 0 Å². The second-order valence-corrected chi connectivity index (χ2v) is 4.38. The van der Waals surface area contributed by atoms with E-state index in [2.05, 4.69) is 21.2 Å². The highest BCUT2D eigenvalue weighted by atomic mass is 15.1. The quantitative estimate of drug-likeness (QED) is 0.561. The Balaban J connectivity index is 2.04. The Bertz CT molecular complexity index is 865. The Morgan fingerprint density at radius 2 is 1.84 bits per heavy atom. The van der Waals surface area contributed by atoms with E-state index in [1.165, 1.54) is 0 Å². The molecule has 3 heterocycles. The zero-order valence-corrected chi connectivity index (χ0v) is 10.0. The molecule has 0 radical (unpaired) electrons. The highest BCUT2D eigenvalue weighted by molar-refractivity contribution is 6.03. The van der Waals surface area contributed by atoms with Crippen LogP contribution in [-0.4, -0.2) is 20.2 Å². The third-order valence-corrected chi connectivity index (χ3v) is 3.21. The summed E-state index contributed by atoms with van der Waals surface area (Å²) in [6.07, 6.45) is 3.59. The van der Waals surface area contributed by atoms with Gasteiger partial charge in [0, 0.05) is 17.0 Å². The van der Waals surface area contributed by atoms with Gasteiger partial charge in [0.05, 0.1) is 28.6 Å². The van der Waals surface area contributed by atoms with Crippen LogP contribution >= 0.6 is 0 Å². The standard InChI is InChI=1S/C15H10N4/c1-2-8-16-13(3-1)14-7-5-10-4-6-12-11(9-17-19-12)15(10)18-14/h1-9H,(H,17,19). The molecule has 0 fully saturated rings. The van der Waals surface area contributed by atoms with Crippen LogP contribution in [0.5, 0.6) is 0 Å². The average Bonchev–Trinajstić information content (AvgIpc) is 2.96. The van der Waals surface area contributed by atoms with E-state index in [4.69, 9.17) is 4.98 Å². The summed E-state index contributed by atoms with van der Waals surface area (Å²) in [6.45, 7) is 0. The van der Waals surface area contributed by atoms with Crippen molar-refractivity contribution in [1.82, 2.24) is 20.2 Å². The van der Waals surface area contributed by atoms with Crippen LogP contribution in [0.15, 0.2) is 54.9 Å². The molecule has 0 bridgehead atoms. The van der Waals surface area contributed by atoms with Crippen molar-refractivity contribution in [1.29, 1.82) is 0 Å².